The van der Waals surface area contributed by atoms with Crippen LogP contribution in [0.4, 0.5) is 5.95 Å². The molecule has 0 bridgehead atoms. The van der Waals surface area contributed by atoms with Gasteiger partial charge in [0.2, 0.25) is 17.7 Å². The zero-order valence-corrected chi connectivity index (χ0v) is 18.7. The van der Waals surface area contributed by atoms with Gasteiger partial charge in [0.05, 0.1) is 0 Å². The molecule has 2 aromatic rings. The van der Waals surface area contributed by atoms with E-state index in [0.717, 1.165) is 51.0 Å². The molecule has 3 atom stereocenters. The van der Waals surface area contributed by atoms with Crippen molar-refractivity contribution in [3.8, 4) is 0 Å². The number of hydrogen-bond acceptors (Lipinski definition) is 7. The van der Waals surface area contributed by atoms with Crippen molar-refractivity contribution in [2.24, 2.45) is 23.7 Å². The van der Waals surface area contributed by atoms with Gasteiger partial charge in [0, 0.05) is 58.5 Å². The maximum absolute atomic E-state index is 5.65. The minimum atomic E-state index is 0.501. The maximum Gasteiger partial charge on any atom is 0.225 e. The molecule has 4 rings (SSSR count). The van der Waals surface area contributed by atoms with Crippen molar-refractivity contribution in [3.63, 3.8) is 0 Å². The molecule has 1 aliphatic carbocycles. The SMILES string of the molecule is CC1=C[C@@H](CN2CCN(c3ncccn3)CC2)[C@H](C(C)C)C[C@@H]1Cc1nnc(C)o1. The van der Waals surface area contributed by atoms with Crippen molar-refractivity contribution in [2.45, 2.75) is 40.5 Å². The van der Waals surface area contributed by atoms with Crippen molar-refractivity contribution < 1.29 is 4.42 Å². The monoisotopic (exact) mass is 410 g/mol. The first-order valence-electron chi connectivity index (χ1n) is 11.2. The molecule has 7 nitrogen and oxygen atoms in total. The van der Waals surface area contributed by atoms with E-state index in [4.69, 9.17) is 4.42 Å². The van der Waals surface area contributed by atoms with E-state index in [9.17, 15) is 0 Å². The number of piperazine rings is 1. The zero-order valence-electron chi connectivity index (χ0n) is 18.7. The van der Waals surface area contributed by atoms with Gasteiger partial charge in [0.15, 0.2) is 0 Å². The molecule has 2 aromatic heterocycles. The van der Waals surface area contributed by atoms with Crippen LogP contribution in [-0.2, 0) is 6.42 Å². The number of allylic oxidation sites excluding steroid dienone is 1. The van der Waals surface area contributed by atoms with Gasteiger partial charge >= 0.3 is 0 Å². The summed E-state index contributed by atoms with van der Waals surface area (Å²) in [5.41, 5.74) is 1.48. The lowest BCUT2D eigenvalue weighted by atomic mass is 9.69. The van der Waals surface area contributed by atoms with Gasteiger partial charge in [-0.25, -0.2) is 9.97 Å². The summed E-state index contributed by atoms with van der Waals surface area (Å²) in [5, 5.41) is 8.22. The molecule has 0 N–H and O–H groups in total. The van der Waals surface area contributed by atoms with Crippen molar-refractivity contribution >= 4 is 5.95 Å². The molecule has 1 aliphatic heterocycles. The van der Waals surface area contributed by atoms with Crippen LogP contribution in [0.5, 0.6) is 0 Å². The van der Waals surface area contributed by atoms with E-state index in [0.29, 0.717) is 29.6 Å². The largest absolute Gasteiger partial charge is 0.426 e. The quantitative estimate of drug-likeness (QED) is 0.676. The second-order valence-electron chi connectivity index (χ2n) is 9.17. The number of rotatable bonds is 6. The van der Waals surface area contributed by atoms with E-state index >= 15 is 0 Å². The molecule has 2 aliphatic rings. The fraction of sp³-hybridized carbons (Fsp3) is 0.652. The Morgan fingerprint density at radius 2 is 1.80 bits per heavy atom. The van der Waals surface area contributed by atoms with E-state index in [-0.39, 0.29) is 0 Å². The number of nitrogens with zero attached hydrogens (tertiary/aromatic N) is 6. The van der Waals surface area contributed by atoms with Crippen LogP contribution in [0, 0.1) is 30.6 Å². The maximum atomic E-state index is 5.65. The molecule has 0 saturated carbocycles. The summed E-state index contributed by atoms with van der Waals surface area (Å²) in [6, 6.07) is 1.87. The van der Waals surface area contributed by atoms with Gasteiger partial charge < -0.3 is 9.32 Å². The van der Waals surface area contributed by atoms with Crippen LogP contribution in [0.2, 0.25) is 0 Å². The van der Waals surface area contributed by atoms with Crippen LogP contribution in [0.15, 0.2) is 34.5 Å². The number of aromatic nitrogens is 4. The Bertz CT molecular complexity index is 840. The lowest BCUT2D eigenvalue weighted by Crippen LogP contribution is -2.49. The van der Waals surface area contributed by atoms with E-state index in [2.05, 4.69) is 56.8 Å². The fourth-order valence-electron chi connectivity index (χ4n) is 5.00. The third-order valence-corrected chi connectivity index (χ3v) is 6.75. The zero-order chi connectivity index (χ0) is 21.1. The molecular formula is C23H34N6O. The lowest BCUT2D eigenvalue weighted by Gasteiger charge is -2.41. The molecule has 1 saturated heterocycles. The minimum Gasteiger partial charge on any atom is -0.426 e. The van der Waals surface area contributed by atoms with Gasteiger partial charge in [-0.05, 0) is 43.1 Å². The van der Waals surface area contributed by atoms with E-state index in [1.165, 1.54) is 12.0 Å². The van der Waals surface area contributed by atoms with E-state index in [1.54, 1.807) is 0 Å². The molecule has 0 amide bonds. The second-order valence-corrected chi connectivity index (χ2v) is 9.17. The summed E-state index contributed by atoms with van der Waals surface area (Å²) < 4.78 is 5.65. The highest BCUT2D eigenvalue weighted by atomic mass is 16.4. The molecule has 7 heteroatoms. The average molecular weight is 411 g/mol. The van der Waals surface area contributed by atoms with Gasteiger partial charge in [0.1, 0.15) is 0 Å². The normalized spacial score (nSPS) is 25.6. The Balaban J connectivity index is 1.38. The first-order chi connectivity index (χ1) is 14.5. The summed E-state index contributed by atoms with van der Waals surface area (Å²) in [5.74, 6) is 4.71. The van der Waals surface area contributed by atoms with Crippen LogP contribution in [0.3, 0.4) is 0 Å². The fourth-order valence-corrected chi connectivity index (χ4v) is 5.00. The number of aryl methyl sites for hydroxylation is 1. The van der Waals surface area contributed by atoms with Crippen LogP contribution < -0.4 is 4.90 Å². The first-order valence-corrected chi connectivity index (χ1v) is 11.2. The number of hydrogen-bond donors (Lipinski definition) is 0. The molecule has 3 heterocycles. The topological polar surface area (TPSA) is 71.2 Å². The van der Waals surface area contributed by atoms with Gasteiger partial charge in [-0.2, -0.15) is 0 Å². The Morgan fingerprint density at radius 3 is 2.43 bits per heavy atom. The molecule has 0 spiro atoms. The highest BCUT2D eigenvalue weighted by molar-refractivity contribution is 5.29. The second kappa shape index (κ2) is 9.25. The van der Waals surface area contributed by atoms with Gasteiger partial charge in [-0.15, -0.1) is 10.2 Å². The Hall–Kier alpha value is -2.28. The van der Waals surface area contributed by atoms with Crippen LogP contribution in [-0.4, -0.2) is 57.8 Å². The Kier molecular flexibility index (Phi) is 6.46. The molecule has 1 fully saturated rings. The van der Waals surface area contributed by atoms with Crippen LogP contribution >= 0.6 is 0 Å². The predicted octanol–water partition coefficient (Wildman–Crippen LogP) is 3.39. The number of anilines is 1. The predicted molar refractivity (Wildman–Crippen MR) is 117 cm³/mol. The van der Waals surface area contributed by atoms with Crippen molar-refractivity contribution in [1.29, 1.82) is 0 Å². The third-order valence-electron chi connectivity index (χ3n) is 6.75. The van der Waals surface area contributed by atoms with Crippen LogP contribution in [0.25, 0.3) is 0 Å². The van der Waals surface area contributed by atoms with Gasteiger partial charge in [0.25, 0.3) is 0 Å². The molecule has 30 heavy (non-hydrogen) atoms. The smallest absolute Gasteiger partial charge is 0.225 e. The average Bonchev–Trinajstić information content (AvgIpc) is 3.15. The van der Waals surface area contributed by atoms with E-state index < -0.39 is 0 Å². The molecular weight excluding hydrogens is 376 g/mol. The first kappa shape index (κ1) is 21.0. The molecule has 0 aromatic carbocycles. The lowest BCUT2D eigenvalue weighted by molar-refractivity contribution is 0.154. The van der Waals surface area contributed by atoms with Crippen LogP contribution in [0.1, 0.15) is 39.0 Å². The van der Waals surface area contributed by atoms with Crippen molar-refractivity contribution in [2.75, 3.05) is 37.6 Å². The highest BCUT2D eigenvalue weighted by Crippen LogP contribution is 2.39. The highest BCUT2D eigenvalue weighted by Gasteiger charge is 2.34. The summed E-state index contributed by atoms with van der Waals surface area (Å²) in [6.07, 6.45) is 8.24. The van der Waals surface area contributed by atoms with Crippen molar-refractivity contribution in [1.82, 2.24) is 25.1 Å². The molecule has 0 radical (unpaired) electrons. The summed E-state index contributed by atoms with van der Waals surface area (Å²) >= 11 is 0. The van der Waals surface area contributed by atoms with E-state index in [1.807, 2.05) is 25.4 Å². The molecule has 162 valence electrons. The van der Waals surface area contributed by atoms with Gasteiger partial charge in [-0.1, -0.05) is 25.5 Å². The standard InChI is InChI=1S/C23H34N6O/c1-16(2)21-13-19(14-22-27-26-18(4)30-22)17(3)12-20(21)15-28-8-10-29(11-9-28)23-24-6-5-7-25-23/h5-7,12,16,19-21H,8-11,13-15H2,1-4H3/t19-,20+,21+/m1/s1. The summed E-state index contributed by atoms with van der Waals surface area (Å²) in [6.45, 7) is 14.1. The Labute approximate surface area is 179 Å². The molecule has 0 unspecified atom stereocenters. The third kappa shape index (κ3) is 4.89. The summed E-state index contributed by atoms with van der Waals surface area (Å²) in [4.78, 5) is 13.7. The van der Waals surface area contributed by atoms with Crippen molar-refractivity contribution in [3.05, 3.63) is 41.9 Å². The van der Waals surface area contributed by atoms with Gasteiger partial charge in [-0.3, -0.25) is 4.90 Å². The summed E-state index contributed by atoms with van der Waals surface area (Å²) in [7, 11) is 0. The Morgan fingerprint density at radius 1 is 1.07 bits per heavy atom. The minimum absolute atomic E-state index is 0.501.